The van der Waals surface area contributed by atoms with Crippen LogP contribution in [0.1, 0.15) is 39.0 Å². The molecule has 3 N–H and O–H groups in total. The number of thiocarbonyl (C=S) groups is 1. The summed E-state index contributed by atoms with van der Waals surface area (Å²) < 4.78 is 0. The van der Waals surface area contributed by atoms with Crippen molar-refractivity contribution in [2.75, 3.05) is 13.1 Å². The Morgan fingerprint density at radius 1 is 1.44 bits per heavy atom. The normalized spacial score (nSPS) is 29.6. The molecule has 2 fully saturated rings. The van der Waals surface area contributed by atoms with Gasteiger partial charge in [0.15, 0.2) is 0 Å². The van der Waals surface area contributed by atoms with Crippen molar-refractivity contribution in [2.24, 2.45) is 11.7 Å². The van der Waals surface area contributed by atoms with E-state index < -0.39 is 0 Å². The van der Waals surface area contributed by atoms with Crippen LogP contribution in [0.3, 0.4) is 0 Å². The number of carbonyl (C=O) groups is 1. The largest absolute Gasteiger partial charge is 0.393 e. The summed E-state index contributed by atoms with van der Waals surface area (Å²) in [5.41, 5.74) is 5.61. The van der Waals surface area contributed by atoms with E-state index in [0.29, 0.717) is 23.5 Å². The summed E-state index contributed by atoms with van der Waals surface area (Å²) in [4.78, 5) is 15.0. The maximum atomic E-state index is 12.1. The molecule has 2 heterocycles. The van der Waals surface area contributed by atoms with E-state index in [9.17, 15) is 4.79 Å². The van der Waals surface area contributed by atoms with Crippen molar-refractivity contribution in [3.8, 4) is 0 Å². The third-order valence-corrected chi connectivity index (χ3v) is 4.54. The van der Waals surface area contributed by atoms with Crippen molar-refractivity contribution >= 4 is 23.1 Å². The number of hydrogen-bond donors (Lipinski definition) is 2. The van der Waals surface area contributed by atoms with Crippen LogP contribution in [0.2, 0.25) is 0 Å². The highest BCUT2D eigenvalue weighted by atomic mass is 32.1. The highest BCUT2D eigenvalue weighted by molar-refractivity contribution is 7.80. The Morgan fingerprint density at radius 2 is 2.22 bits per heavy atom. The lowest BCUT2D eigenvalue weighted by Crippen LogP contribution is -2.49. The average molecular weight is 269 g/mol. The number of amides is 1. The molecular weight excluding hydrogens is 246 g/mol. The van der Waals surface area contributed by atoms with Crippen molar-refractivity contribution < 1.29 is 4.79 Å². The third kappa shape index (κ3) is 2.83. The second-order valence-electron chi connectivity index (χ2n) is 5.37. The summed E-state index contributed by atoms with van der Waals surface area (Å²) in [6.07, 6.45) is 5.52. The first-order valence-corrected chi connectivity index (χ1v) is 7.38. The van der Waals surface area contributed by atoms with E-state index in [1.54, 1.807) is 0 Å². The Labute approximate surface area is 114 Å². The lowest BCUT2D eigenvalue weighted by Gasteiger charge is -2.33. The van der Waals surface area contributed by atoms with Gasteiger partial charge in [-0.15, -0.1) is 0 Å². The van der Waals surface area contributed by atoms with Crippen LogP contribution in [0.4, 0.5) is 0 Å². The molecule has 2 rings (SSSR count). The van der Waals surface area contributed by atoms with Gasteiger partial charge in [-0.3, -0.25) is 9.69 Å². The molecule has 5 heteroatoms. The second-order valence-corrected chi connectivity index (χ2v) is 5.84. The first-order chi connectivity index (χ1) is 8.63. The molecule has 3 unspecified atom stereocenters. The predicted octanol–water partition coefficient (Wildman–Crippen LogP) is 1.04. The van der Waals surface area contributed by atoms with Gasteiger partial charge in [-0.25, -0.2) is 0 Å². The number of nitrogens with two attached hydrogens (primary N) is 1. The molecule has 0 spiro atoms. The van der Waals surface area contributed by atoms with Crippen LogP contribution in [-0.4, -0.2) is 41.0 Å². The summed E-state index contributed by atoms with van der Waals surface area (Å²) in [7, 11) is 0. The molecule has 0 bridgehead atoms. The zero-order valence-corrected chi connectivity index (χ0v) is 11.8. The van der Waals surface area contributed by atoms with Gasteiger partial charge in [0, 0.05) is 18.6 Å². The molecule has 1 amide bonds. The van der Waals surface area contributed by atoms with Crippen LogP contribution in [0, 0.1) is 5.92 Å². The van der Waals surface area contributed by atoms with Gasteiger partial charge in [0.25, 0.3) is 0 Å². The fraction of sp³-hybridized carbons (Fsp3) is 0.846. The van der Waals surface area contributed by atoms with Crippen LogP contribution in [0.15, 0.2) is 0 Å². The Bertz CT molecular complexity index is 334. The Hall–Kier alpha value is -0.680. The second kappa shape index (κ2) is 5.97. The number of nitrogens with one attached hydrogen (secondary N) is 1. The molecular formula is C13H23N3OS. The molecule has 18 heavy (non-hydrogen) atoms. The Morgan fingerprint density at radius 3 is 2.89 bits per heavy atom. The molecule has 4 nitrogen and oxygen atoms in total. The quantitative estimate of drug-likeness (QED) is 0.749. The predicted molar refractivity (Wildman–Crippen MR) is 76.3 cm³/mol. The Balaban J connectivity index is 1.93. The monoisotopic (exact) mass is 269 g/mol. The van der Waals surface area contributed by atoms with E-state index in [1.807, 2.05) is 6.92 Å². The van der Waals surface area contributed by atoms with Crippen molar-refractivity contribution in [3.63, 3.8) is 0 Å². The maximum Gasteiger partial charge on any atom is 0.230 e. The molecule has 3 atom stereocenters. The van der Waals surface area contributed by atoms with Crippen molar-refractivity contribution in [1.82, 2.24) is 10.2 Å². The minimum atomic E-state index is -0.308. The zero-order valence-electron chi connectivity index (χ0n) is 11.0. The number of rotatable bonds is 4. The number of hydrogen-bond acceptors (Lipinski definition) is 3. The topological polar surface area (TPSA) is 58.4 Å². The minimum Gasteiger partial charge on any atom is -0.393 e. The average Bonchev–Trinajstić information content (AvgIpc) is 2.73. The molecule has 0 saturated carbocycles. The zero-order chi connectivity index (χ0) is 13.1. The van der Waals surface area contributed by atoms with E-state index in [1.165, 1.54) is 25.8 Å². The van der Waals surface area contributed by atoms with Gasteiger partial charge >= 0.3 is 0 Å². The number of carbonyl (C=O) groups excluding carboxylic acids is 1. The van der Waals surface area contributed by atoms with Gasteiger partial charge in [0.2, 0.25) is 5.91 Å². The van der Waals surface area contributed by atoms with E-state index in [0.717, 1.165) is 13.0 Å². The molecule has 0 radical (unpaired) electrons. The van der Waals surface area contributed by atoms with Gasteiger partial charge in [-0.2, -0.15) is 0 Å². The van der Waals surface area contributed by atoms with Gasteiger partial charge in [-0.1, -0.05) is 25.6 Å². The summed E-state index contributed by atoms with van der Waals surface area (Å²) >= 11 is 4.95. The number of fused-ring (bicyclic) bond motifs is 1. The van der Waals surface area contributed by atoms with Crippen molar-refractivity contribution in [3.05, 3.63) is 0 Å². The molecule has 2 aliphatic rings. The van der Waals surface area contributed by atoms with E-state index in [4.69, 9.17) is 18.0 Å². The van der Waals surface area contributed by atoms with E-state index in [-0.39, 0.29) is 11.8 Å². The molecule has 102 valence electrons. The molecule has 0 aromatic heterocycles. The van der Waals surface area contributed by atoms with Crippen LogP contribution >= 0.6 is 12.2 Å². The highest BCUT2D eigenvalue weighted by Crippen LogP contribution is 2.27. The van der Waals surface area contributed by atoms with Crippen molar-refractivity contribution in [2.45, 2.75) is 51.1 Å². The number of nitrogens with zero attached hydrogens (tertiary/aromatic N) is 1. The van der Waals surface area contributed by atoms with Crippen LogP contribution in [-0.2, 0) is 4.79 Å². The van der Waals surface area contributed by atoms with Gasteiger partial charge in [0.1, 0.15) is 0 Å². The van der Waals surface area contributed by atoms with Gasteiger partial charge in [0.05, 0.1) is 10.9 Å². The number of piperidine rings is 1. The lowest BCUT2D eigenvalue weighted by atomic mass is 9.98. The summed E-state index contributed by atoms with van der Waals surface area (Å²) in [5, 5.41) is 3.16. The SMILES string of the molecule is CCC(C(=O)NC1CCN2CCCCC12)C(N)=S. The molecule has 2 saturated heterocycles. The molecule has 0 aromatic rings. The fourth-order valence-corrected chi connectivity index (χ4v) is 3.49. The fourth-order valence-electron chi connectivity index (χ4n) is 3.21. The smallest absolute Gasteiger partial charge is 0.230 e. The molecule has 0 aromatic carbocycles. The summed E-state index contributed by atoms with van der Waals surface area (Å²) in [6.45, 7) is 4.24. The first kappa shape index (κ1) is 13.7. The van der Waals surface area contributed by atoms with Crippen LogP contribution in [0.5, 0.6) is 0 Å². The summed E-state index contributed by atoms with van der Waals surface area (Å²) in [6, 6.07) is 0.827. The summed E-state index contributed by atoms with van der Waals surface area (Å²) in [5.74, 6) is -0.292. The van der Waals surface area contributed by atoms with Crippen molar-refractivity contribution in [1.29, 1.82) is 0 Å². The maximum absolute atomic E-state index is 12.1. The van der Waals surface area contributed by atoms with Crippen LogP contribution in [0.25, 0.3) is 0 Å². The van der Waals surface area contributed by atoms with E-state index >= 15 is 0 Å². The van der Waals surface area contributed by atoms with E-state index in [2.05, 4.69) is 10.2 Å². The third-order valence-electron chi connectivity index (χ3n) is 4.25. The first-order valence-electron chi connectivity index (χ1n) is 6.97. The Kier molecular flexibility index (Phi) is 4.56. The molecule has 2 aliphatic heterocycles. The lowest BCUT2D eigenvalue weighted by molar-refractivity contribution is -0.124. The standard InChI is InChI=1S/C13H23N3OS/c1-2-9(12(14)18)13(17)15-10-6-8-16-7-4-3-5-11(10)16/h9-11H,2-8H2,1H3,(H2,14,18)(H,15,17). The van der Waals surface area contributed by atoms with Gasteiger partial charge < -0.3 is 11.1 Å². The molecule has 0 aliphatic carbocycles. The van der Waals surface area contributed by atoms with Crippen LogP contribution < -0.4 is 11.1 Å². The highest BCUT2D eigenvalue weighted by Gasteiger charge is 2.37. The van der Waals surface area contributed by atoms with Gasteiger partial charge in [-0.05, 0) is 32.2 Å². The minimum absolute atomic E-state index is 0.0161.